The van der Waals surface area contributed by atoms with E-state index in [-0.39, 0.29) is 41.6 Å². The van der Waals surface area contributed by atoms with Gasteiger partial charge >= 0.3 is 12.2 Å². The first-order valence-electron chi connectivity index (χ1n) is 13.9. The number of rotatable bonds is 11. The number of carbonyl (C=O) groups excluding carboxylic acids is 2. The Morgan fingerprint density at radius 1 is 1.13 bits per heavy atom. The molecule has 0 atom stereocenters. The summed E-state index contributed by atoms with van der Waals surface area (Å²) in [5, 5.41) is 5.62. The van der Waals surface area contributed by atoms with Gasteiger partial charge in [-0.2, -0.15) is 18.2 Å². The zero-order chi connectivity index (χ0) is 32.6. The van der Waals surface area contributed by atoms with Crippen LogP contribution >= 0.6 is 0 Å². The molecule has 1 aliphatic rings. The fraction of sp³-hybridized carbons (Fsp3) is 0.258. The minimum absolute atomic E-state index is 0.00296. The maximum atomic E-state index is 14.0. The predicted octanol–water partition coefficient (Wildman–Crippen LogP) is 5.04. The number of benzene rings is 2. The summed E-state index contributed by atoms with van der Waals surface area (Å²) in [4.78, 5) is 43.8. The number of aromatic nitrogens is 2. The molecule has 0 radical (unpaired) electrons. The Morgan fingerprint density at radius 2 is 1.89 bits per heavy atom. The largest absolute Gasteiger partial charge is 0.407 e. The van der Waals surface area contributed by atoms with E-state index in [9.17, 15) is 22.8 Å². The molecular weight excluding hydrogens is 587 g/mol. The average molecular weight is 622 g/mol. The fourth-order valence-electron chi connectivity index (χ4n) is 4.30. The molecule has 0 aliphatic carbocycles. The van der Waals surface area contributed by atoms with Gasteiger partial charge in [-0.3, -0.25) is 9.79 Å². The highest BCUT2D eigenvalue weighted by atomic mass is 19.4. The van der Waals surface area contributed by atoms with E-state index in [1.165, 1.54) is 17.9 Å². The van der Waals surface area contributed by atoms with E-state index >= 15 is 0 Å². The Kier molecular flexibility index (Phi) is 10.5. The molecule has 2 heterocycles. The van der Waals surface area contributed by atoms with Crippen molar-refractivity contribution in [3.05, 3.63) is 95.5 Å². The minimum Gasteiger partial charge on any atom is -0.401 e. The number of likely N-dealkylation sites (N-methyl/N-ethyl adjacent to an activating group) is 1. The van der Waals surface area contributed by atoms with E-state index in [2.05, 4.69) is 25.6 Å². The molecule has 0 saturated heterocycles. The second kappa shape index (κ2) is 14.5. The van der Waals surface area contributed by atoms with Gasteiger partial charge in [0.1, 0.15) is 6.54 Å². The monoisotopic (exact) mass is 621 g/mol. The molecule has 1 aromatic heterocycles. The highest BCUT2D eigenvalue weighted by molar-refractivity contribution is 6.03. The summed E-state index contributed by atoms with van der Waals surface area (Å²) in [5.41, 5.74) is 8.54. The first-order valence-corrected chi connectivity index (χ1v) is 13.9. The molecule has 3 aromatic rings. The molecular formula is C31H34F3N9O2. The second-order valence-electron chi connectivity index (χ2n) is 10.5. The lowest BCUT2D eigenvalue weighted by molar-refractivity contribution is -0.118. The van der Waals surface area contributed by atoms with Gasteiger partial charge in [-0.15, -0.1) is 0 Å². The minimum atomic E-state index is -4.48. The number of amides is 3. The van der Waals surface area contributed by atoms with E-state index in [1.54, 1.807) is 41.4 Å². The molecule has 14 heteroatoms. The number of nitrogens with zero attached hydrogens (tertiary/aromatic N) is 6. The number of nitrogens with two attached hydrogens (primary N) is 1. The Bertz CT molecular complexity index is 1600. The van der Waals surface area contributed by atoms with Gasteiger partial charge in [-0.25, -0.2) is 14.7 Å². The highest BCUT2D eigenvalue weighted by Gasteiger charge is 2.34. The third kappa shape index (κ3) is 9.37. The van der Waals surface area contributed by atoms with Crippen LogP contribution in [0.2, 0.25) is 0 Å². The van der Waals surface area contributed by atoms with Crippen LogP contribution in [0.25, 0.3) is 0 Å². The lowest BCUT2D eigenvalue weighted by Crippen LogP contribution is -2.45. The number of carbonyl (C=O) groups is 2. The molecule has 236 valence electrons. The van der Waals surface area contributed by atoms with Crippen LogP contribution in [0.1, 0.15) is 18.1 Å². The van der Waals surface area contributed by atoms with Gasteiger partial charge < -0.3 is 26.2 Å². The molecule has 45 heavy (non-hydrogen) atoms. The van der Waals surface area contributed by atoms with Crippen molar-refractivity contribution in [3.8, 4) is 0 Å². The predicted molar refractivity (Wildman–Crippen MR) is 168 cm³/mol. The molecule has 2 aromatic carbocycles. The Balaban J connectivity index is 1.68. The van der Waals surface area contributed by atoms with Crippen LogP contribution in [0.4, 0.5) is 41.1 Å². The number of hydrogen-bond acceptors (Lipinski definition) is 8. The number of fused-ring (bicyclic) bond motifs is 1. The van der Waals surface area contributed by atoms with Crippen LogP contribution in [-0.2, 0) is 17.9 Å². The standard InChI is InChI=1S/C31H34F3N9O2/c1-21(35)26(17-36-20-31(32,33)34)39-29-37-16-23-19-42(18-22-9-5-4-6-10-22)30(45)43(28(23)40-29)25-12-7-11-24(15-25)38-27(44)13-8-14-41(2)3/h4-13,15-17H,14,18-20,35H2,1-3H3,(H,38,44)(H,37,39,40)/b13-8+,26-21?,36-17?. The zero-order valence-corrected chi connectivity index (χ0v) is 25.0. The molecule has 0 unspecified atom stereocenters. The van der Waals surface area contributed by atoms with Gasteiger partial charge in [-0.05, 0) is 44.8 Å². The molecule has 3 amide bonds. The average Bonchev–Trinajstić information content (AvgIpc) is 2.97. The number of urea groups is 1. The molecule has 0 fully saturated rings. The zero-order valence-electron chi connectivity index (χ0n) is 25.0. The normalized spacial score (nSPS) is 14.2. The number of anilines is 4. The van der Waals surface area contributed by atoms with Crippen molar-refractivity contribution in [2.45, 2.75) is 26.2 Å². The molecule has 0 bridgehead atoms. The van der Waals surface area contributed by atoms with Crippen molar-refractivity contribution in [2.75, 3.05) is 42.7 Å². The highest BCUT2D eigenvalue weighted by Crippen LogP contribution is 2.35. The van der Waals surface area contributed by atoms with Gasteiger partial charge in [0.2, 0.25) is 11.9 Å². The summed E-state index contributed by atoms with van der Waals surface area (Å²) < 4.78 is 37.9. The molecule has 11 nitrogen and oxygen atoms in total. The van der Waals surface area contributed by atoms with Crippen molar-refractivity contribution in [1.82, 2.24) is 19.8 Å². The number of hydrogen-bond donors (Lipinski definition) is 3. The van der Waals surface area contributed by atoms with E-state index in [4.69, 9.17) is 5.73 Å². The molecule has 0 spiro atoms. The van der Waals surface area contributed by atoms with Crippen molar-refractivity contribution < 1.29 is 22.8 Å². The van der Waals surface area contributed by atoms with Crippen LogP contribution < -0.4 is 21.3 Å². The maximum absolute atomic E-state index is 14.0. The number of aliphatic imine (C=N–C) groups is 1. The van der Waals surface area contributed by atoms with Crippen molar-refractivity contribution >= 4 is 41.3 Å². The molecule has 1 aliphatic heterocycles. The van der Waals surface area contributed by atoms with Crippen molar-refractivity contribution in [1.29, 1.82) is 0 Å². The maximum Gasteiger partial charge on any atom is 0.407 e. The Hall–Kier alpha value is -5.24. The topological polar surface area (TPSA) is 132 Å². The van der Waals surface area contributed by atoms with E-state index in [0.29, 0.717) is 30.0 Å². The Labute approximate surface area is 259 Å². The summed E-state index contributed by atoms with van der Waals surface area (Å²) in [5.74, 6) is -0.0724. The molecule has 0 saturated carbocycles. The van der Waals surface area contributed by atoms with Crippen molar-refractivity contribution in [3.63, 3.8) is 0 Å². The SMILES string of the molecule is CC(N)=C(C=NCC(F)(F)F)Nc1ncc2c(n1)N(c1cccc(NC(=O)/C=C/CN(C)C)c1)C(=O)N(Cc1ccccc1)C2. The van der Waals surface area contributed by atoms with E-state index < -0.39 is 12.7 Å². The molecule has 4 rings (SSSR count). The van der Waals surface area contributed by atoms with Crippen LogP contribution in [0.15, 0.2) is 89.3 Å². The summed E-state index contributed by atoms with van der Waals surface area (Å²) >= 11 is 0. The first-order chi connectivity index (χ1) is 21.4. The van der Waals surface area contributed by atoms with Gasteiger partial charge in [0.25, 0.3) is 0 Å². The fourth-order valence-corrected chi connectivity index (χ4v) is 4.30. The quantitative estimate of drug-likeness (QED) is 0.202. The Morgan fingerprint density at radius 3 is 2.58 bits per heavy atom. The third-order valence-electron chi connectivity index (χ3n) is 6.37. The number of alkyl halides is 3. The smallest absolute Gasteiger partial charge is 0.401 e. The van der Waals surface area contributed by atoms with Gasteiger partial charge in [0.15, 0.2) is 5.82 Å². The van der Waals surface area contributed by atoms with Gasteiger partial charge in [0, 0.05) is 48.5 Å². The lowest BCUT2D eigenvalue weighted by atomic mass is 10.1. The van der Waals surface area contributed by atoms with E-state index in [1.807, 2.05) is 49.3 Å². The lowest BCUT2D eigenvalue weighted by Gasteiger charge is -2.36. The number of nitrogens with one attached hydrogen (secondary N) is 2. The third-order valence-corrected chi connectivity index (χ3v) is 6.37. The number of allylic oxidation sites excluding steroid dienone is 2. The first kappa shape index (κ1) is 32.7. The number of halogens is 3. The second-order valence-corrected chi connectivity index (χ2v) is 10.5. The summed E-state index contributed by atoms with van der Waals surface area (Å²) in [6.07, 6.45) is 1.20. The van der Waals surface area contributed by atoms with Gasteiger partial charge in [0.05, 0.1) is 17.9 Å². The molecule has 4 N–H and O–H groups in total. The van der Waals surface area contributed by atoms with Gasteiger partial charge in [-0.1, -0.05) is 42.5 Å². The summed E-state index contributed by atoms with van der Waals surface area (Å²) in [6, 6.07) is 15.9. The van der Waals surface area contributed by atoms with Crippen LogP contribution in [0.5, 0.6) is 0 Å². The van der Waals surface area contributed by atoms with Crippen LogP contribution in [0, 0.1) is 0 Å². The summed E-state index contributed by atoms with van der Waals surface area (Å²) in [7, 11) is 3.78. The van der Waals surface area contributed by atoms with Crippen LogP contribution in [0.3, 0.4) is 0 Å². The van der Waals surface area contributed by atoms with E-state index in [0.717, 1.165) is 11.8 Å². The van der Waals surface area contributed by atoms with Crippen LogP contribution in [-0.4, -0.2) is 71.3 Å². The van der Waals surface area contributed by atoms with Crippen molar-refractivity contribution in [2.24, 2.45) is 10.7 Å². The summed E-state index contributed by atoms with van der Waals surface area (Å²) in [6.45, 7) is 1.23.